The number of hydrogen-bond donors (Lipinski definition) is 3. The Labute approximate surface area is 123 Å². The lowest BCUT2D eigenvalue weighted by Crippen LogP contribution is -2.50. The summed E-state index contributed by atoms with van der Waals surface area (Å²) in [5.41, 5.74) is 0.155. The minimum Gasteiger partial charge on any atom is -0.481 e. The third-order valence-corrected chi connectivity index (χ3v) is 4.25. The highest BCUT2D eigenvalue weighted by Gasteiger charge is 2.44. The molecule has 0 spiro atoms. The summed E-state index contributed by atoms with van der Waals surface area (Å²) in [7, 11) is 0. The third kappa shape index (κ3) is 3.20. The van der Waals surface area contributed by atoms with Crippen molar-refractivity contribution in [2.24, 2.45) is 5.41 Å². The molecule has 1 aromatic rings. The van der Waals surface area contributed by atoms with Crippen LogP contribution in [0.5, 0.6) is 0 Å². The van der Waals surface area contributed by atoms with Gasteiger partial charge in [-0.1, -0.05) is 6.42 Å². The fourth-order valence-electron chi connectivity index (χ4n) is 2.73. The van der Waals surface area contributed by atoms with E-state index >= 15 is 0 Å². The highest BCUT2D eigenvalue weighted by Crippen LogP contribution is 2.40. The minimum absolute atomic E-state index is 0.171. The number of carboxylic acid groups (broad SMARTS) is 1. The number of nitrogens with one attached hydrogen (secondary N) is 2. The maximum atomic E-state index is 11.9. The molecule has 1 aliphatic rings. The molecule has 21 heavy (non-hydrogen) atoms. The van der Waals surface area contributed by atoms with Gasteiger partial charge >= 0.3 is 12.0 Å². The SMILES string of the molecule is Cc1cc(C(C)NC(=O)NCC2(C(=O)O)CCC2)c(C)o1. The molecular weight excluding hydrogens is 272 g/mol. The molecule has 2 amide bonds. The van der Waals surface area contributed by atoms with Crippen LogP contribution in [0.3, 0.4) is 0 Å². The number of urea groups is 1. The van der Waals surface area contributed by atoms with Gasteiger partial charge in [-0.25, -0.2) is 4.79 Å². The number of hydrogen-bond acceptors (Lipinski definition) is 3. The summed E-state index contributed by atoms with van der Waals surface area (Å²) in [6.45, 7) is 5.75. The van der Waals surface area contributed by atoms with Gasteiger partial charge in [0, 0.05) is 12.1 Å². The lowest BCUT2D eigenvalue weighted by atomic mass is 9.69. The number of carbonyl (C=O) groups is 2. The smallest absolute Gasteiger partial charge is 0.315 e. The minimum atomic E-state index is -0.830. The summed E-state index contributed by atoms with van der Waals surface area (Å²) >= 11 is 0. The standard InChI is InChI=1S/C15H22N2O4/c1-9-7-12(11(3)21-9)10(2)17-14(20)16-8-15(13(18)19)5-4-6-15/h7,10H,4-6,8H2,1-3H3,(H,18,19)(H2,16,17,20). The summed E-state index contributed by atoms with van der Waals surface area (Å²) in [4.78, 5) is 23.1. The predicted molar refractivity (Wildman–Crippen MR) is 77.1 cm³/mol. The van der Waals surface area contributed by atoms with E-state index in [-0.39, 0.29) is 18.6 Å². The average Bonchev–Trinajstić information content (AvgIpc) is 2.66. The summed E-state index contributed by atoms with van der Waals surface area (Å²) in [6.07, 6.45) is 2.15. The Morgan fingerprint density at radius 2 is 2.10 bits per heavy atom. The van der Waals surface area contributed by atoms with Gasteiger partial charge in [-0.15, -0.1) is 0 Å². The molecule has 3 N–H and O–H groups in total. The maximum Gasteiger partial charge on any atom is 0.315 e. The second-order valence-electron chi connectivity index (χ2n) is 5.86. The summed E-state index contributed by atoms with van der Waals surface area (Å²) in [5, 5.41) is 14.7. The van der Waals surface area contributed by atoms with Crippen molar-refractivity contribution in [3.8, 4) is 0 Å². The van der Waals surface area contributed by atoms with E-state index in [1.807, 2.05) is 26.8 Å². The molecule has 0 radical (unpaired) electrons. The number of rotatable bonds is 5. The first-order valence-corrected chi connectivity index (χ1v) is 7.19. The number of carbonyl (C=O) groups excluding carboxylic acids is 1. The van der Waals surface area contributed by atoms with E-state index in [0.717, 1.165) is 23.5 Å². The van der Waals surface area contributed by atoms with Crippen molar-refractivity contribution in [1.82, 2.24) is 10.6 Å². The van der Waals surface area contributed by atoms with E-state index < -0.39 is 11.4 Å². The molecule has 1 aliphatic carbocycles. The van der Waals surface area contributed by atoms with Crippen LogP contribution >= 0.6 is 0 Å². The van der Waals surface area contributed by atoms with Crippen molar-refractivity contribution in [2.75, 3.05) is 6.54 Å². The fraction of sp³-hybridized carbons (Fsp3) is 0.600. The molecule has 6 nitrogen and oxygen atoms in total. The Hall–Kier alpha value is -1.98. The normalized spacial score (nSPS) is 17.7. The van der Waals surface area contributed by atoms with Gasteiger partial charge in [0.05, 0.1) is 11.5 Å². The van der Waals surface area contributed by atoms with Crippen LogP contribution in [0.2, 0.25) is 0 Å². The monoisotopic (exact) mass is 294 g/mol. The van der Waals surface area contributed by atoms with E-state index in [1.54, 1.807) is 0 Å². The Balaban J connectivity index is 1.87. The molecule has 0 aliphatic heterocycles. The summed E-state index contributed by atoms with van der Waals surface area (Å²) < 4.78 is 5.44. The van der Waals surface area contributed by atoms with Crippen molar-refractivity contribution in [2.45, 2.75) is 46.1 Å². The molecule has 1 heterocycles. The van der Waals surface area contributed by atoms with Crippen LogP contribution in [0.15, 0.2) is 10.5 Å². The molecule has 116 valence electrons. The fourth-order valence-corrected chi connectivity index (χ4v) is 2.73. The molecule has 1 aromatic heterocycles. The van der Waals surface area contributed by atoms with Gasteiger partial charge in [0.15, 0.2) is 0 Å². The zero-order valence-corrected chi connectivity index (χ0v) is 12.7. The topological polar surface area (TPSA) is 91.6 Å². The number of carboxylic acids is 1. The summed E-state index contributed by atoms with van der Waals surface area (Å²) in [5.74, 6) is 0.751. The predicted octanol–water partition coefficient (Wildman–Crippen LogP) is 2.51. The van der Waals surface area contributed by atoms with Crippen molar-refractivity contribution >= 4 is 12.0 Å². The number of aryl methyl sites for hydroxylation is 2. The Kier molecular flexibility index (Phi) is 4.25. The number of furan rings is 1. The first-order chi connectivity index (χ1) is 9.84. The quantitative estimate of drug-likeness (QED) is 0.778. The second-order valence-corrected chi connectivity index (χ2v) is 5.86. The van der Waals surface area contributed by atoms with Gasteiger partial charge in [-0.05, 0) is 39.7 Å². The van der Waals surface area contributed by atoms with E-state index in [9.17, 15) is 14.7 Å². The molecular formula is C15H22N2O4. The highest BCUT2D eigenvalue weighted by atomic mass is 16.4. The van der Waals surface area contributed by atoms with Crippen LogP contribution in [0, 0.1) is 19.3 Å². The van der Waals surface area contributed by atoms with E-state index in [2.05, 4.69) is 10.6 Å². The Morgan fingerprint density at radius 3 is 2.52 bits per heavy atom. The zero-order chi connectivity index (χ0) is 15.6. The second kappa shape index (κ2) is 5.79. The molecule has 0 saturated heterocycles. The van der Waals surface area contributed by atoms with E-state index in [4.69, 9.17) is 4.42 Å². The first kappa shape index (κ1) is 15.4. The third-order valence-electron chi connectivity index (χ3n) is 4.25. The maximum absolute atomic E-state index is 11.9. The summed E-state index contributed by atoms with van der Waals surface area (Å²) in [6, 6.07) is 1.35. The van der Waals surface area contributed by atoms with Crippen LogP contribution in [-0.2, 0) is 4.79 Å². The van der Waals surface area contributed by atoms with Crippen LogP contribution in [0.25, 0.3) is 0 Å². The van der Waals surface area contributed by atoms with Gasteiger partial charge < -0.3 is 20.2 Å². The number of aliphatic carboxylic acids is 1. The lowest BCUT2D eigenvalue weighted by Gasteiger charge is -2.37. The Bertz CT molecular complexity index is 546. The molecule has 0 aromatic carbocycles. The average molecular weight is 294 g/mol. The van der Waals surface area contributed by atoms with Gasteiger partial charge in [0.2, 0.25) is 0 Å². The molecule has 1 atom stereocenters. The zero-order valence-electron chi connectivity index (χ0n) is 12.7. The largest absolute Gasteiger partial charge is 0.481 e. The van der Waals surface area contributed by atoms with Crippen LogP contribution in [0.1, 0.15) is 49.3 Å². The molecule has 6 heteroatoms. The number of amides is 2. The molecule has 1 unspecified atom stereocenters. The highest BCUT2D eigenvalue weighted by molar-refractivity contribution is 5.79. The van der Waals surface area contributed by atoms with Crippen LogP contribution in [-0.4, -0.2) is 23.7 Å². The lowest BCUT2D eigenvalue weighted by molar-refractivity contribution is -0.153. The van der Waals surface area contributed by atoms with Crippen molar-refractivity contribution in [3.63, 3.8) is 0 Å². The van der Waals surface area contributed by atoms with Gasteiger partial charge in [0.25, 0.3) is 0 Å². The Morgan fingerprint density at radius 1 is 1.43 bits per heavy atom. The molecule has 1 saturated carbocycles. The first-order valence-electron chi connectivity index (χ1n) is 7.19. The van der Waals surface area contributed by atoms with Crippen LogP contribution < -0.4 is 10.6 Å². The van der Waals surface area contributed by atoms with Gasteiger partial charge in [-0.3, -0.25) is 4.79 Å². The van der Waals surface area contributed by atoms with Crippen molar-refractivity contribution < 1.29 is 19.1 Å². The molecule has 0 bridgehead atoms. The molecule has 1 fully saturated rings. The van der Waals surface area contributed by atoms with E-state index in [1.165, 1.54) is 0 Å². The van der Waals surface area contributed by atoms with Crippen molar-refractivity contribution in [3.05, 3.63) is 23.2 Å². The van der Waals surface area contributed by atoms with Crippen LogP contribution in [0.4, 0.5) is 4.79 Å². The molecule has 2 rings (SSSR count). The van der Waals surface area contributed by atoms with Crippen molar-refractivity contribution in [1.29, 1.82) is 0 Å². The van der Waals surface area contributed by atoms with E-state index in [0.29, 0.717) is 12.8 Å². The van der Waals surface area contributed by atoms with Gasteiger partial charge in [0.1, 0.15) is 11.5 Å². The van der Waals surface area contributed by atoms with Gasteiger partial charge in [-0.2, -0.15) is 0 Å².